The molecular formula is C15H13BrF2N2O. The molecule has 0 fully saturated rings. The fourth-order valence-corrected chi connectivity index (χ4v) is 2.18. The van der Waals surface area contributed by atoms with Crippen LogP contribution in [-0.2, 0) is 6.42 Å². The maximum Gasteiger partial charge on any atom is 0.319 e. The van der Waals surface area contributed by atoms with Gasteiger partial charge in [-0.1, -0.05) is 12.1 Å². The van der Waals surface area contributed by atoms with Crippen molar-refractivity contribution < 1.29 is 13.6 Å². The van der Waals surface area contributed by atoms with Gasteiger partial charge in [0.15, 0.2) is 0 Å². The van der Waals surface area contributed by atoms with Crippen molar-refractivity contribution in [2.24, 2.45) is 0 Å². The van der Waals surface area contributed by atoms with E-state index in [0.29, 0.717) is 23.1 Å². The van der Waals surface area contributed by atoms with Gasteiger partial charge in [0.05, 0.1) is 5.69 Å². The molecule has 2 aromatic carbocycles. The van der Waals surface area contributed by atoms with Gasteiger partial charge >= 0.3 is 6.03 Å². The van der Waals surface area contributed by atoms with E-state index < -0.39 is 0 Å². The van der Waals surface area contributed by atoms with Crippen LogP contribution < -0.4 is 10.6 Å². The number of benzene rings is 2. The van der Waals surface area contributed by atoms with Crippen LogP contribution in [0.1, 0.15) is 5.56 Å². The quantitative estimate of drug-likeness (QED) is 0.852. The fraction of sp³-hybridized carbons (Fsp3) is 0.133. The Kier molecular flexibility index (Phi) is 5.27. The maximum atomic E-state index is 12.9. The molecule has 0 aliphatic heterocycles. The van der Waals surface area contributed by atoms with Crippen LogP contribution in [0.25, 0.3) is 0 Å². The second-order valence-electron chi connectivity index (χ2n) is 4.38. The Morgan fingerprint density at radius 2 is 1.71 bits per heavy atom. The molecule has 0 saturated heterocycles. The van der Waals surface area contributed by atoms with E-state index in [0.717, 1.165) is 5.56 Å². The van der Waals surface area contributed by atoms with Gasteiger partial charge in [-0.25, -0.2) is 13.6 Å². The number of nitrogens with one attached hydrogen (secondary N) is 2. The molecule has 0 aliphatic rings. The van der Waals surface area contributed by atoms with Crippen LogP contribution in [0, 0.1) is 11.6 Å². The molecule has 21 heavy (non-hydrogen) atoms. The minimum absolute atomic E-state index is 0.286. The van der Waals surface area contributed by atoms with Gasteiger partial charge in [0.2, 0.25) is 0 Å². The van der Waals surface area contributed by atoms with Crippen LogP contribution in [0.2, 0.25) is 0 Å². The van der Waals surface area contributed by atoms with Gasteiger partial charge in [0.1, 0.15) is 11.6 Å². The standard InChI is InChI=1S/C15H13BrF2N2O/c16-13-9-12(18)5-6-14(13)20-15(21)19-8-7-10-1-3-11(17)4-2-10/h1-6,9H,7-8H2,(H2,19,20,21). The number of carbonyl (C=O) groups is 1. The molecular weight excluding hydrogens is 342 g/mol. The zero-order valence-electron chi connectivity index (χ0n) is 11.0. The molecule has 2 rings (SSSR count). The van der Waals surface area contributed by atoms with Gasteiger partial charge in [0, 0.05) is 11.0 Å². The average Bonchev–Trinajstić information content (AvgIpc) is 2.44. The molecule has 3 nitrogen and oxygen atoms in total. The zero-order valence-corrected chi connectivity index (χ0v) is 12.6. The molecule has 6 heteroatoms. The Morgan fingerprint density at radius 3 is 2.38 bits per heavy atom. The first-order valence-corrected chi connectivity index (χ1v) is 7.08. The molecule has 2 aromatic rings. The lowest BCUT2D eigenvalue weighted by Gasteiger charge is -2.09. The van der Waals surface area contributed by atoms with Crippen molar-refractivity contribution in [1.82, 2.24) is 5.32 Å². The van der Waals surface area contributed by atoms with Gasteiger partial charge in [-0.2, -0.15) is 0 Å². The van der Waals surface area contributed by atoms with Crippen LogP contribution in [0.5, 0.6) is 0 Å². The molecule has 2 N–H and O–H groups in total. The van der Waals surface area contributed by atoms with Gasteiger partial charge in [-0.15, -0.1) is 0 Å². The number of hydrogen-bond donors (Lipinski definition) is 2. The first-order chi connectivity index (χ1) is 10.0. The van der Waals surface area contributed by atoms with Crippen LogP contribution >= 0.6 is 15.9 Å². The van der Waals surface area contributed by atoms with Crippen molar-refractivity contribution in [3.63, 3.8) is 0 Å². The van der Waals surface area contributed by atoms with Crippen molar-refractivity contribution in [3.8, 4) is 0 Å². The minimum Gasteiger partial charge on any atom is -0.338 e. The number of hydrogen-bond acceptors (Lipinski definition) is 1. The predicted octanol–water partition coefficient (Wildman–Crippen LogP) is 4.09. The molecule has 0 radical (unpaired) electrons. The number of amides is 2. The summed E-state index contributed by atoms with van der Waals surface area (Å²) >= 11 is 3.17. The summed E-state index contributed by atoms with van der Waals surface area (Å²) in [6.45, 7) is 0.413. The van der Waals surface area contributed by atoms with Crippen LogP contribution in [0.4, 0.5) is 19.3 Å². The van der Waals surface area contributed by atoms with Crippen LogP contribution in [-0.4, -0.2) is 12.6 Å². The molecule has 110 valence electrons. The number of anilines is 1. The molecule has 0 aromatic heterocycles. The van der Waals surface area contributed by atoms with Crippen molar-refractivity contribution in [2.75, 3.05) is 11.9 Å². The van der Waals surface area contributed by atoms with E-state index in [9.17, 15) is 13.6 Å². The molecule has 0 saturated carbocycles. The van der Waals surface area contributed by atoms with E-state index in [1.807, 2.05) is 0 Å². The first-order valence-electron chi connectivity index (χ1n) is 6.29. The smallest absolute Gasteiger partial charge is 0.319 e. The summed E-state index contributed by atoms with van der Waals surface area (Å²) in [6, 6.07) is 9.73. The van der Waals surface area contributed by atoms with E-state index in [-0.39, 0.29) is 17.7 Å². The Morgan fingerprint density at radius 1 is 1.05 bits per heavy atom. The molecule has 2 amide bonds. The summed E-state index contributed by atoms with van der Waals surface area (Å²) in [5, 5.41) is 5.29. The second kappa shape index (κ2) is 7.17. The highest BCUT2D eigenvalue weighted by molar-refractivity contribution is 9.10. The average molecular weight is 355 g/mol. The van der Waals surface area contributed by atoms with Crippen molar-refractivity contribution in [3.05, 3.63) is 64.1 Å². The zero-order chi connectivity index (χ0) is 15.2. The summed E-state index contributed by atoms with van der Waals surface area (Å²) < 4.78 is 26.1. The van der Waals surface area contributed by atoms with Gasteiger partial charge in [0.25, 0.3) is 0 Å². The monoisotopic (exact) mass is 354 g/mol. The van der Waals surface area contributed by atoms with Crippen molar-refractivity contribution >= 4 is 27.6 Å². The topological polar surface area (TPSA) is 41.1 Å². The van der Waals surface area contributed by atoms with Crippen molar-refractivity contribution in [2.45, 2.75) is 6.42 Å². The van der Waals surface area contributed by atoms with E-state index in [4.69, 9.17) is 0 Å². The third-order valence-electron chi connectivity index (χ3n) is 2.79. The number of urea groups is 1. The number of halogens is 3. The second-order valence-corrected chi connectivity index (χ2v) is 5.24. The largest absolute Gasteiger partial charge is 0.338 e. The molecule has 0 atom stereocenters. The van der Waals surface area contributed by atoms with E-state index in [1.165, 1.54) is 30.3 Å². The highest BCUT2D eigenvalue weighted by Crippen LogP contribution is 2.22. The van der Waals surface area contributed by atoms with Gasteiger partial charge in [-0.3, -0.25) is 0 Å². The maximum absolute atomic E-state index is 12.9. The lowest BCUT2D eigenvalue weighted by molar-refractivity contribution is 0.252. The SMILES string of the molecule is O=C(NCCc1ccc(F)cc1)Nc1ccc(F)cc1Br. The highest BCUT2D eigenvalue weighted by Gasteiger charge is 2.05. The Balaban J connectivity index is 1.81. The summed E-state index contributed by atoms with van der Waals surface area (Å²) in [5.74, 6) is -0.672. The lowest BCUT2D eigenvalue weighted by Crippen LogP contribution is -2.30. The van der Waals surface area contributed by atoms with E-state index in [1.54, 1.807) is 12.1 Å². The molecule has 0 aliphatic carbocycles. The molecule has 0 bridgehead atoms. The number of carbonyl (C=O) groups excluding carboxylic acids is 1. The molecule has 0 heterocycles. The minimum atomic E-state index is -0.385. The lowest BCUT2D eigenvalue weighted by atomic mass is 10.1. The Labute approximate surface area is 129 Å². The summed E-state index contributed by atoms with van der Waals surface area (Å²) in [6.07, 6.45) is 0.596. The Bertz CT molecular complexity index is 632. The van der Waals surface area contributed by atoms with Gasteiger partial charge < -0.3 is 10.6 Å². The summed E-state index contributed by atoms with van der Waals surface area (Å²) in [4.78, 5) is 11.7. The fourth-order valence-electron chi connectivity index (χ4n) is 1.73. The molecule has 0 unspecified atom stereocenters. The summed E-state index contributed by atoms with van der Waals surface area (Å²) in [5.41, 5.74) is 1.41. The number of rotatable bonds is 4. The third-order valence-corrected chi connectivity index (χ3v) is 3.45. The van der Waals surface area contributed by atoms with Crippen LogP contribution in [0.15, 0.2) is 46.9 Å². The Hall–Kier alpha value is -1.95. The predicted molar refractivity (Wildman–Crippen MR) is 81.2 cm³/mol. The normalized spacial score (nSPS) is 10.2. The first kappa shape index (κ1) is 15.4. The summed E-state index contributed by atoms with van der Waals surface area (Å²) in [7, 11) is 0. The van der Waals surface area contributed by atoms with E-state index >= 15 is 0 Å². The van der Waals surface area contributed by atoms with E-state index in [2.05, 4.69) is 26.6 Å². The van der Waals surface area contributed by atoms with Crippen molar-refractivity contribution in [1.29, 1.82) is 0 Å². The van der Waals surface area contributed by atoms with Crippen LogP contribution in [0.3, 0.4) is 0 Å². The third kappa shape index (κ3) is 4.82. The highest BCUT2D eigenvalue weighted by atomic mass is 79.9. The molecule has 0 spiro atoms. The van der Waals surface area contributed by atoms with Gasteiger partial charge in [-0.05, 0) is 58.2 Å².